The van der Waals surface area contributed by atoms with Crippen LogP contribution >= 0.6 is 15.9 Å². The predicted molar refractivity (Wildman–Crippen MR) is 61.6 cm³/mol. The summed E-state index contributed by atoms with van der Waals surface area (Å²) in [7, 11) is 1.45. The van der Waals surface area contributed by atoms with E-state index in [4.69, 9.17) is 0 Å². The van der Waals surface area contributed by atoms with Crippen LogP contribution in [-0.4, -0.2) is 18.1 Å². The first kappa shape index (κ1) is 13.6. The highest BCUT2D eigenvalue weighted by Crippen LogP contribution is 2.39. The van der Waals surface area contributed by atoms with Crippen molar-refractivity contribution in [3.63, 3.8) is 0 Å². The van der Waals surface area contributed by atoms with E-state index in [0.29, 0.717) is 11.4 Å². The number of hydrogen-bond donors (Lipinski definition) is 1. The van der Waals surface area contributed by atoms with Gasteiger partial charge in [0.1, 0.15) is 5.69 Å². The van der Waals surface area contributed by atoms with E-state index < -0.39 is 22.5 Å². The number of ether oxygens (including phenoxy) is 1. The Labute approximate surface area is 104 Å². The largest absolute Gasteiger partial charge is 0.425 e. The number of nitrogens with zero attached hydrogens (tertiary/aromatic N) is 1. The number of nitro groups is 1. The minimum Gasteiger partial charge on any atom is -0.425 e. The number of alkyl halides is 2. The number of benzene rings is 1. The molecule has 0 unspecified atom stereocenters. The first-order chi connectivity index (χ1) is 7.74. The van der Waals surface area contributed by atoms with Crippen molar-refractivity contribution < 1.29 is 18.4 Å². The molecule has 0 radical (unpaired) electrons. The molecule has 0 heterocycles. The van der Waals surface area contributed by atoms with E-state index in [1.807, 2.05) is 0 Å². The molecule has 94 valence electrons. The monoisotopic (exact) mass is 310 g/mol. The van der Waals surface area contributed by atoms with E-state index >= 15 is 0 Å². The lowest BCUT2D eigenvalue weighted by Gasteiger charge is -2.14. The lowest BCUT2D eigenvalue weighted by Crippen LogP contribution is -2.20. The van der Waals surface area contributed by atoms with Gasteiger partial charge in [0.15, 0.2) is 0 Å². The van der Waals surface area contributed by atoms with Crippen molar-refractivity contribution in [1.29, 1.82) is 0 Å². The van der Waals surface area contributed by atoms with Gasteiger partial charge in [-0.15, -0.1) is 0 Å². The van der Waals surface area contributed by atoms with Crippen molar-refractivity contribution in [2.45, 2.75) is 13.0 Å². The third-order valence-corrected chi connectivity index (χ3v) is 2.24. The van der Waals surface area contributed by atoms with Crippen LogP contribution in [0.25, 0.3) is 0 Å². The lowest BCUT2D eigenvalue weighted by molar-refractivity contribution is -0.386. The van der Waals surface area contributed by atoms with Gasteiger partial charge in [-0.25, -0.2) is 0 Å². The van der Waals surface area contributed by atoms with Crippen molar-refractivity contribution >= 4 is 27.3 Å². The number of anilines is 1. The molecule has 0 spiro atoms. The van der Waals surface area contributed by atoms with Gasteiger partial charge in [0.25, 0.3) is 0 Å². The van der Waals surface area contributed by atoms with Crippen molar-refractivity contribution in [3.05, 3.63) is 26.7 Å². The van der Waals surface area contributed by atoms with E-state index in [-0.39, 0.29) is 5.69 Å². The number of rotatable bonds is 4. The Morgan fingerprint density at radius 1 is 1.53 bits per heavy atom. The van der Waals surface area contributed by atoms with Crippen LogP contribution in [-0.2, 0) is 0 Å². The molecule has 0 aromatic heterocycles. The first-order valence-electron chi connectivity index (χ1n) is 4.47. The summed E-state index contributed by atoms with van der Waals surface area (Å²) in [5.74, 6) is -0.499. The van der Waals surface area contributed by atoms with Crippen LogP contribution in [0.3, 0.4) is 0 Å². The normalized spacial score (nSPS) is 11.1. The molecule has 1 N–H and O–H groups in total. The molecule has 5 nitrogen and oxygen atoms in total. The van der Waals surface area contributed by atoms with Crippen LogP contribution in [0.5, 0.6) is 5.75 Å². The summed E-state index contributed by atoms with van der Waals surface area (Å²) in [6.45, 7) is 0.511. The molecule has 0 saturated carbocycles. The van der Waals surface area contributed by atoms with Gasteiger partial charge in [0.05, 0.1) is 4.92 Å². The maximum atomic E-state index is 12.7. The molecule has 8 heteroatoms. The second kappa shape index (κ2) is 4.82. The first-order valence-corrected chi connectivity index (χ1v) is 5.26. The SMILES string of the molecule is CNc1cc(Br)cc(OC(C)(F)F)c1[N+](=O)[O-]. The summed E-state index contributed by atoms with van der Waals surface area (Å²) in [5.41, 5.74) is -0.444. The smallest absolute Gasteiger partial charge is 0.395 e. The van der Waals surface area contributed by atoms with Crippen LogP contribution in [0, 0.1) is 10.1 Å². The van der Waals surface area contributed by atoms with Gasteiger partial charge >= 0.3 is 11.8 Å². The molecule has 0 aliphatic rings. The van der Waals surface area contributed by atoms with Crippen LogP contribution in [0.4, 0.5) is 20.2 Å². The van der Waals surface area contributed by atoms with E-state index in [9.17, 15) is 18.9 Å². The van der Waals surface area contributed by atoms with E-state index in [2.05, 4.69) is 26.0 Å². The summed E-state index contributed by atoms with van der Waals surface area (Å²) in [5, 5.41) is 13.4. The second-order valence-corrected chi connectivity index (χ2v) is 4.13. The number of halogens is 3. The van der Waals surface area contributed by atoms with Gasteiger partial charge in [-0.2, -0.15) is 8.78 Å². The van der Waals surface area contributed by atoms with Crippen molar-refractivity contribution in [1.82, 2.24) is 0 Å². The van der Waals surface area contributed by atoms with Gasteiger partial charge in [-0.1, -0.05) is 15.9 Å². The second-order valence-electron chi connectivity index (χ2n) is 3.22. The van der Waals surface area contributed by atoms with Gasteiger partial charge in [-0.05, 0) is 6.07 Å². The quantitative estimate of drug-likeness (QED) is 0.684. The highest BCUT2D eigenvalue weighted by atomic mass is 79.9. The van der Waals surface area contributed by atoms with E-state index in [0.717, 1.165) is 6.07 Å². The van der Waals surface area contributed by atoms with Crippen molar-refractivity contribution in [2.24, 2.45) is 0 Å². The highest BCUT2D eigenvalue weighted by molar-refractivity contribution is 9.10. The highest BCUT2D eigenvalue weighted by Gasteiger charge is 2.30. The topological polar surface area (TPSA) is 64.4 Å². The number of nitrogens with one attached hydrogen (secondary N) is 1. The maximum absolute atomic E-state index is 12.7. The zero-order valence-electron chi connectivity index (χ0n) is 8.96. The average molecular weight is 311 g/mol. The Morgan fingerprint density at radius 2 is 2.12 bits per heavy atom. The molecule has 0 saturated heterocycles. The third kappa shape index (κ3) is 3.52. The minimum atomic E-state index is -3.49. The predicted octanol–water partition coefficient (Wildman–Crippen LogP) is 3.39. The van der Waals surface area contributed by atoms with Gasteiger partial charge in [0, 0.05) is 24.5 Å². The van der Waals surface area contributed by atoms with Gasteiger partial charge in [-0.3, -0.25) is 10.1 Å². The number of nitro benzene ring substituents is 1. The summed E-state index contributed by atoms with van der Waals surface area (Å²) >= 11 is 3.06. The summed E-state index contributed by atoms with van der Waals surface area (Å²) in [6, 6.07) is 2.52. The average Bonchev–Trinajstić information content (AvgIpc) is 2.12. The Kier molecular flexibility index (Phi) is 3.87. The summed E-state index contributed by atoms with van der Waals surface area (Å²) in [4.78, 5) is 10.0. The van der Waals surface area contributed by atoms with E-state index in [1.54, 1.807) is 0 Å². The zero-order chi connectivity index (χ0) is 13.2. The lowest BCUT2D eigenvalue weighted by atomic mass is 10.2. The standard InChI is InChI=1S/C9H9BrF2N2O3/c1-9(11,12)17-7-4-5(10)3-6(13-2)8(7)14(15)16/h3-4,13H,1-2H3. The Hall–Kier alpha value is -1.44. The van der Waals surface area contributed by atoms with Gasteiger partial charge in [0.2, 0.25) is 5.75 Å². The molecular weight excluding hydrogens is 302 g/mol. The fourth-order valence-corrected chi connectivity index (χ4v) is 1.66. The molecule has 0 bridgehead atoms. The molecular formula is C9H9BrF2N2O3. The Balaban J connectivity index is 3.35. The molecule has 1 aromatic rings. The van der Waals surface area contributed by atoms with Crippen LogP contribution in [0.15, 0.2) is 16.6 Å². The molecule has 0 atom stereocenters. The van der Waals surface area contributed by atoms with Crippen molar-refractivity contribution in [2.75, 3.05) is 12.4 Å². The summed E-state index contributed by atoms with van der Waals surface area (Å²) < 4.78 is 30.1. The summed E-state index contributed by atoms with van der Waals surface area (Å²) in [6.07, 6.45) is -3.49. The van der Waals surface area contributed by atoms with Crippen molar-refractivity contribution in [3.8, 4) is 5.75 Å². The molecule has 0 fully saturated rings. The third-order valence-electron chi connectivity index (χ3n) is 1.78. The zero-order valence-corrected chi connectivity index (χ0v) is 10.5. The molecule has 1 aromatic carbocycles. The molecule has 17 heavy (non-hydrogen) atoms. The number of hydrogen-bond acceptors (Lipinski definition) is 4. The fourth-order valence-electron chi connectivity index (χ4n) is 1.22. The Bertz CT molecular complexity index is 449. The molecule has 1 rings (SSSR count). The maximum Gasteiger partial charge on any atom is 0.395 e. The van der Waals surface area contributed by atoms with Crippen LogP contribution in [0.1, 0.15) is 6.92 Å². The van der Waals surface area contributed by atoms with Gasteiger partial charge < -0.3 is 10.1 Å². The fraction of sp³-hybridized carbons (Fsp3) is 0.333. The molecule has 0 amide bonds. The van der Waals surface area contributed by atoms with Crippen LogP contribution < -0.4 is 10.1 Å². The minimum absolute atomic E-state index is 0.0867. The van der Waals surface area contributed by atoms with E-state index in [1.165, 1.54) is 13.1 Å². The van der Waals surface area contributed by atoms with Crippen LogP contribution in [0.2, 0.25) is 0 Å². The Morgan fingerprint density at radius 3 is 2.53 bits per heavy atom. The molecule has 0 aliphatic carbocycles. The molecule has 0 aliphatic heterocycles.